The van der Waals surface area contributed by atoms with Crippen LogP contribution in [0, 0.1) is 5.92 Å². The number of thioether (sulfide) groups is 1. The SMILES string of the molecule is CSc1ccc(Cl)c(C(=O)N2CCC(CO)CC2)c1. The van der Waals surface area contributed by atoms with E-state index in [1.54, 1.807) is 17.8 Å². The molecule has 1 aromatic carbocycles. The molecule has 0 aliphatic carbocycles. The minimum absolute atomic E-state index is 0.00251. The monoisotopic (exact) mass is 299 g/mol. The predicted molar refractivity (Wildman–Crippen MR) is 78.9 cm³/mol. The van der Waals surface area contributed by atoms with Crippen molar-refractivity contribution in [3.8, 4) is 0 Å². The van der Waals surface area contributed by atoms with Crippen molar-refractivity contribution >= 4 is 29.3 Å². The summed E-state index contributed by atoms with van der Waals surface area (Å²) in [6.45, 7) is 1.61. The Morgan fingerprint density at radius 1 is 1.47 bits per heavy atom. The first-order valence-corrected chi connectivity index (χ1v) is 7.99. The minimum atomic E-state index is -0.00251. The molecule has 0 bridgehead atoms. The third kappa shape index (κ3) is 3.44. The van der Waals surface area contributed by atoms with Gasteiger partial charge in [-0.05, 0) is 43.2 Å². The lowest BCUT2D eigenvalue weighted by Gasteiger charge is -2.31. The Morgan fingerprint density at radius 3 is 2.74 bits per heavy atom. The predicted octanol–water partition coefficient (Wildman–Crippen LogP) is 2.91. The number of hydrogen-bond donors (Lipinski definition) is 1. The standard InChI is InChI=1S/C14H18ClNO2S/c1-19-11-2-3-13(15)12(8-11)14(18)16-6-4-10(9-17)5-7-16/h2-3,8,10,17H,4-7,9H2,1H3. The number of likely N-dealkylation sites (tertiary alicyclic amines) is 1. The first kappa shape index (κ1) is 14.7. The van der Waals surface area contributed by atoms with Crippen molar-refractivity contribution in [2.75, 3.05) is 26.0 Å². The van der Waals surface area contributed by atoms with E-state index in [-0.39, 0.29) is 12.5 Å². The number of carbonyl (C=O) groups is 1. The van der Waals surface area contributed by atoms with Crippen LogP contribution in [0.3, 0.4) is 0 Å². The van der Waals surface area contributed by atoms with Gasteiger partial charge in [-0.3, -0.25) is 4.79 Å². The molecule has 1 aliphatic heterocycles. The molecule has 0 unspecified atom stereocenters. The highest BCUT2D eigenvalue weighted by Gasteiger charge is 2.24. The molecule has 1 fully saturated rings. The number of piperidine rings is 1. The van der Waals surface area contributed by atoms with Crippen LogP contribution in [-0.2, 0) is 0 Å². The van der Waals surface area contributed by atoms with Gasteiger partial charge >= 0.3 is 0 Å². The van der Waals surface area contributed by atoms with E-state index in [1.807, 2.05) is 23.3 Å². The van der Waals surface area contributed by atoms with Gasteiger partial charge in [-0.15, -0.1) is 11.8 Å². The lowest BCUT2D eigenvalue weighted by atomic mass is 9.97. The van der Waals surface area contributed by atoms with Gasteiger partial charge in [-0.2, -0.15) is 0 Å². The Balaban J connectivity index is 2.11. The molecule has 0 aromatic heterocycles. The molecule has 1 heterocycles. The zero-order valence-electron chi connectivity index (χ0n) is 10.9. The highest BCUT2D eigenvalue weighted by molar-refractivity contribution is 7.98. The second kappa shape index (κ2) is 6.64. The second-order valence-electron chi connectivity index (χ2n) is 4.76. The molecular formula is C14H18ClNO2S. The first-order valence-electron chi connectivity index (χ1n) is 6.39. The largest absolute Gasteiger partial charge is 0.396 e. The number of aliphatic hydroxyl groups excluding tert-OH is 1. The van der Waals surface area contributed by atoms with Gasteiger partial charge in [0.2, 0.25) is 0 Å². The molecule has 104 valence electrons. The maximum Gasteiger partial charge on any atom is 0.255 e. The maximum atomic E-state index is 12.5. The molecule has 0 spiro atoms. The van der Waals surface area contributed by atoms with E-state index in [4.69, 9.17) is 16.7 Å². The third-order valence-electron chi connectivity index (χ3n) is 3.56. The molecule has 5 heteroatoms. The van der Waals surface area contributed by atoms with Gasteiger partial charge in [0, 0.05) is 24.6 Å². The van der Waals surface area contributed by atoms with E-state index in [9.17, 15) is 4.79 Å². The van der Waals surface area contributed by atoms with E-state index in [0.717, 1.165) is 17.7 Å². The molecule has 2 rings (SSSR count). The zero-order valence-corrected chi connectivity index (χ0v) is 12.5. The molecule has 0 saturated carbocycles. The second-order valence-corrected chi connectivity index (χ2v) is 6.05. The molecule has 1 aliphatic rings. The Hall–Kier alpha value is -0.710. The first-order chi connectivity index (χ1) is 9.15. The van der Waals surface area contributed by atoms with E-state index >= 15 is 0 Å². The normalized spacial score (nSPS) is 16.7. The van der Waals surface area contributed by atoms with E-state index in [1.165, 1.54) is 0 Å². The fraction of sp³-hybridized carbons (Fsp3) is 0.500. The summed E-state index contributed by atoms with van der Waals surface area (Å²) >= 11 is 7.72. The summed E-state index contributed by atoms with van der Waals surface area (Å²) in [5.74, 6) is 0.328. The van der Waals surface area contributed by atoms with Crippen LogP contribution in [0.25, 0.3) is 0 Å². The number of amides is 1. The van der Waals surface area contributed by atoms with E-state index in [0.29, 0.717) is 29.6 Å². The van der Waals surface area contributed by atoms with Crippen molar-refractivity contribution in [1.82, 2.24) is 4.90 Å². The average molecular weight is 300 g/mol. The smallest absolute Gasteiger partial charge is 0.255 e. The molecule has 1 aromatic rings. The summed E-state index contributed by atoms with van der Waals surface area (Å²) in [4.78, 5) is 15.3. The molecule has 1 N–H and O–H groups in total. The number of carbonyl (C=O) groups excluding carboxylic acids is 1. The number of hydrogen-bond acceptors (Lipinski definition) is 3. The van der Waals surface area contributed by atoms with Crippen LogP contribution in [0.4, 0.5) is 0 Å². The molecule has 1 amide bonds. The Kier molecular flexibility index (Phi) is 5.13. The van der Waals surface area contributed by atoms with Crippen molar-refractivity contribution in [2.24, 2.45) is 5.92 Å². The number of halogens is 1. The van der Waals surface area contributed by atoms with Crippen molar-refractivity contribution in [3.63, 3.8) is 0 Å². The van der Waals surface area contributed by atoms with Gasteiger partial charge in [0.05, 0.1) is 10.6 Å². The summed E-state index contributed by atoms with van der Waals surface area (Å²) in [5, 5.41) is 9.62. The number of benzene rings is 1. The topological polar surface area (TPSA) is 40.5 Å². The minimum Gasteiger partial charge on any atom is -0.396 e. The van der Waals surface area contributed by atoms with Crippen molar-refractivity contribution in [1.29, 1.82) is 0 Å². The average Bonchev–Trinajstić information content (AvgIpc) is 2.47. The zero-order chi connectivity index (χ0) is 13.8. The molecule has 0 atom stereocenters. The maximum absolute atomic E-state index is 12.5. The van der Waals surface area contributed by atoms with Gasteiger partial charge < -0.3 is 10.0 Å². The lowest BCUT2D eigenvalue weighted by molar-refractivity contribution is 0.0651. The molecule has 3 nitrogen and oxygen atoms in total. The van der Waals surface area contributed by atoms with Gasteiger partial charge in [-0.1, -0.05) is 11.6 Å². The van der Waals surface area contributed by atoms with Crippen LogP contribution in [0.2, 0.25) is 5.02 Å². The van der Waals surface area contributed by atoms with Crippen molar-refractivity contribution < 1.29 is 9.90 Å². The molecule has 1 saturated heterocycles. The Labute approximate surface area is 122 Å². The summed E-state index contributed by atoms with van der Waals surface area (Å²) in [6, 6.07) is 5.55. The van der Waals surface area contributed by atoms with Crippen molar-refractivity contribution in [2.45, 2.75) is 17.7 Å². The van der Waals surface area contributed by atoms with Gasteiger partial charge in [0.15, 0.2) is 0 Å². The van der Waals surface area contributed by atoms with Gasteiger partial charge in [0.25, 0.3) is 5.91 Å². The van der Waals surface area contributed by atoms with E-state index < -0.39 is 0 Å². The molecular weight excluding hydrogens is 282 g/mol. The van der Waals surface area contributed by atoms with Crippen LogP contribution in [0.1, 0.15) is 23.2 Å². The quantitative estimate of drug-likeness (QED) is 0.873. The summed E-state index contributed by atoms with van der Waals surface area (Å²) in [6.07, 6.45) is 3.70. The number of nitrogens with zero attached hydrogens (tertiary/aromatic N) is 1. The highest BCUT2D eigenvalue weighted by Crippen LogP contribution is 2.26. The van der Waals surface area contributed by atoms with Crippen LogP contribution in [0.5, 0.6) is 0 Å². The van der Waals surface area contributed by atoms with Crippen molar-refractivity contribution in [3.05, 3.63) is 28.8 Å². The Bertz CT molecular complexity index is 459. The lowest BCUT2D eigenvalue weighted by Crippen LogP contribution is -2.39. The number of rotatable bonds is 3. The highest BCUT2D eigenvalue weighted by atomic mass is 35.5. The third-order valence-corrected chi connectivity index (χ3v) is 4.62. The van der Waals surface area contributed by atoms with Crippen LogP contribution < -0.4 is 0 Å². The van der Waals surface area contributed by atoms with Crippen LogP contribution in [0.15, 0.2) is 23.1 Å². The fourth-order valence-electron chi connectivity index (χ4n) is 2.28. The summed E-state index contributed by atoms with van der Waals surface area (Å²) < 4.78 is 0. The number of aliphatic hydroxyl groups is 1. The summed E-state index contributed by atoms with van der Waals surface area (Å²) in [7, 11) is 0. The molecule has 0 radical (unpaired) electrons. The van der Waals surface area contributed by atoms with E-state index in [2.05, 4.69) is 0 Å². The van der Waals surface area contributed by atoms with Crippen LogP contribution in [-0.4, -0.2) is 41.9 Å². The van der Waals surface area contributed by atoms with Gasteiger partial charge in [0.1, 0.15) is 0 Å². The fourth-order valence-corrected chi connectivity index (χ4v) is 2.92. The Morgan fingerprint density at radius 2 is 2.16 bits per heavy atom. The van der Waals surface area contributed by atoms with Crippen LogP contribution >= 0.6 is 23.4 Å². The van der Waals surface area contributed by atoms with Gasteiger partial charge in [-0.25, -0.2) is 0 Å². The molecule has 19 heavy (non-hydrogen) atoms. The summed E-state index contributed by atoms with van der Waals surface area (Å²) in [5.41, 5.74) is 0.580.